The molecule has 2 atom stereocenters. The zero-order chi connectivity index (χ0) is 11.6. The Morgan fingerprint density at radius 3 is 2.73 bits per heavy atom. The summed E-state index contributed by atoms with van der Waals surface area (Å²) in [6.45, 7) is 2.87. The van der Waals surface area contributed by atoms with E-state index in [4.69, 9.17) is 0 Å². The van der Waals surface area contributed by atoms with Gasteiger partial charge in [-0.05, 0) is 11.8 Å². The highest BCUT2D eigenvalue weighted by molar-refractivity contribution is 5.78. The van der Waals surface area contributed by atoms with Gasteiger partial charge in [0.2, 0.25) is 0 Å². The normalized spacial score (nSPS) is 14.6. The molecule has 0 saturated carbocycles. The minimum absolute atomic E-state index is 0.208. The summed E-state index contributed by atoms with van der Waals surface area (Å²) in [5, 5.41) is 23.5. The Bertz CT molecular complexity index is 387. The molecule has 1 N–H and O–H groups in total. The van der Waals surface area contributed by atoms with Gasteiger partial charge in [0.05, 0.1) is 23.3 Å². The summed E-state index contributed by atoms with van der Waals surface area (Å²) in [6.07, 6.45) is 0.0959. The molecule has 0 aliphatic rings. The first kappa shape index (κ1) is 11.3. The average molecular weight is 213 g/mol. The molecule has 0 bridgehead atoms. The Morgan fingerprint density at radius 2 is 2.33 bits per heavy atom. The maximum absolute atomic E-state index is 11.0. The number of aliphatic hydroxyl groups excluding tert-OH is 1. The van der Waals surface area contributed by atoms with E-state index in [2.05, 4.69) is 5.10 Å². The van der Waals surface area contributed by atoms with Crippen molar-refractivity contribution in [2.45, 2.75) is 20.1 Å². The molecule has 1 aromatic rings. The number of hydrogen-bond acceptors (Lipinski definition) is 5. The van der Waals surface area contributed by atoms with Crippen LogP contribution in [-0.4, -0.2) is 25.6 Å². The minimum Gasteiger partial charge on any atom is -0.369 e. The fourth-order valence-electron chi connectivity index (χ4n) is 1.01. The minimum atomic E-state index is -1.17. The largest absolute Gasteiger partial charge is 0.390 e. The molecule has 82 valence electrons. The highest BCUT2D eigenvalue weighted by Gasteiger charge is 2.24. The van der Waals surface area contributed by atoms with E-state index in [0.717, 1.165) is 10.7 Å². The number of Topliss-reactive ketones (excluding diaryl/α,β-unsaturated/α-hetero) is 1. The van der Waals surface area contributed by atoms with Crippen molar-refractivity contribution in [1.82, 2.24) is 9.78 Å². The summed E-state index contributed by atoms with van der Waals surface area (Å²) in [6, 6.07) is 1.16. The summed E-state index contributed by atoms with van der Waals surface area (Å²) in [5.41, 5.74) is 0. The van der Waals surface area contributed by atoms with E-state index in [-0.39, 0.29) is 11.6 Å². The number of hydrogen-bond donors (Lipinski definition) is 1. The van der Waals surface area contributed by atoms with Gasteiger partial charge in [0.25, 0.3) is 0 Å². The smallest absolute Gasteiger partial charge is 0.369 e. The second kappa shape index (κ2) is 4.18. The molecule has 0 aliphatic carbocycles. The summed E-state index contributed by atoms with van der Waals surface area (Å²) in [5.74, 6) is -1.21. The van der Waals surface area contributed by atoms with Crippen LogP contribution in [0.1, 0.15) is 20.1 Å². The number of carbonyl (C=O) groups is 1. The number of rotatable bonds is 4. The van der Waals surface area contributed by atoms with Crippen LogP contribution in [0.25, 0.3) is 0 Å². The number of carbonyl (C=O) groups excluding carboxylic acids is 1. The molecule has 7 nitrogen and oxygen atoms in total. The van der Waals surface area contributed by atoms with Crippen LogP contribution >= 0.6 is 0 Å². The summed E-state index contributed by atoms with van der Waals surface area (Å²) in [7, 11) is 0. The van der Waals surface area contributed by atoms with Crippen LogP contribution in [0.4, 0.5) is 5.82 Å². The Labute approximate surface area is 85.5 Å². The van der Waals surface area contributed by atoms with Crippen molar-refractivity contribution < 1.29 is 14.8 Å². The van der Waals surface area contributed by atoms with Crippen LogP contribution in [-0.2, 0) is 4.79 Å². The number of nitrogens with zero attached hydrogens (tertiary/aromatic N) is 3. The molecule has 0 aliphatic heterocycles. The standard InChI is InChI=1S/C8H11N3O4/c1-5(6(2)12)8(13)10-4-3-7(9-10)11(14)15/h3-5,8,13H,1-2H3. The Balaban J connectivity index is 2.87. The van der Waals surface area contributed by atoms with Crippen LogP contribution in [0.3, 0.4) is 0 Å². The number of ketones is 1. The Kier molecular flexibility index (Phi) is 3.15. The monoisotopic (exact) mass is 213 g/mol. The van der Waals surface area contributed by atoms with E-state index in [0.29, 0.717) is 0 Å². The molecule has 1 heterocycles. The van der Waals surface area contributed by atoms with Gasteiger partial charge in [0.1, 0.15) is 5.78 Å². The SMILES string of the molecule is CC(=O)C(C)C(O)n1ccc([N+](=O)[O-])n1. The lowest BCUT2D eigenvalue weighted by Crippen LogP contribution is -2.22. The second-order valence-electron chi connectivity index (χ2n) is 3.22. The van der Waals surface area contributed by atoms with Gasteiger partial charge in [-0.3, -0.25) is 4.79 Å². The molecule has 0 spiro atoms. The summed E-state index contributed by atoms with van der Waals surface area (Å²) < 4.78 is 1.00. The first-order valence-corrected chi connectivity index (χ1v) is 4.31. The van der Waals surface area contributed by atoms with Gasteiger partial charge in [0.15, 0.2) is 6.23 Å². The topological polar surface area (TPSA) is 98.3 Å². The van der Waals surface area contributed by atoms with Gasteiger partial charge in [-0.25, -0.2) is 0 Å². The second-order valence-corrected chi connectivity index (χ2v) is 3.22. The fraction of sp³-hybridized carbons (Fsp3) is 0.500. The van der Waals surface area contributed by atoms with Crippen molar-refractivity contribution >= 4 is 11.6 Å². The van der Waals surface area contributed by atoms with Crippen LogP contribution in [0.15, 0.2) is 12.3 Å². The van der Waals surface area contributed by atoms with Crippen LogP contribution in [0.5, 0.6) is 0 Å². The Morgan fingerprint density at radius 1 is 1.73 bits per heavy atom. The molecule has 0 aromatic carbocycles. The van der Waals surface area contributed by atoms with E-state index in [1.165, 1.54) is 20.0 Å². The molecule has 0 saturated heterocycles. The van der Waals surface area contributed by atoms with Gasteiger partial charge in [0, 0.05) is 0 Å². The first-order valence-electron chi connectivity index (χ1n) is 4.31. The fourth-order valence-corrected chi connectivity index (χ4v) is 1.01. The highest BCUT2D eigenvalue weighted by Crippen LogP contribution is 2.17. The molecule has 1 aromatic heterocycles. The maximum atomic E-state index is 11.0. The molecule has 0 fully saturated rings. The van der Waals surface area contributed by atoms with Crippen molar-refractivity contribution in [3.8, 4) is 0 Å². The quantitative estimate of drug-likeness (QED) is 0.580. The van der Waals surface area contributed by atoms with Crippen LogP contribution in [0.2, 0.25) is 0 Å². The third-order valence-corrected chi connectivity index (χ3v) is 2.14. The lowest BCUT2D eigenvalue weighted by atomic mass is 10.1. The van der Waals surface area contributed by atoms with Crippen molar-refractivity contribution in [1.29, 1.82) is 0 Å². The van der Waals surface area contributed by atoms with Crippen molar-refractivity contribution in [3.63, 3.8) is 0 Å². The molecule has 0 radical (unpaired) electrons. The average Bonchev–Trinajstić information content (AvgIpc) is 2.64. The van der Waals surface area contributed by atoms with Gasteiger partial charge >= 0.3 is 5.82 Å². The third-order valence-electron chi connectivity index (χ3n) is 2.14. The van der Waals surface area contributed by atoms with E-state index in [1.807, 2.05) is 0 Å². The van der Waals surface area contributed by atoms with Crippen molar-refractivity contribution in [2.75, 3.05) is 0 Å². The molecular weight excluding hydrogens is 202 g/mol. The van der Waals surface area contributed by atoms with Gasteiger partial charge < -0.3 is 15.2 Å². The van der Waals surface area contributed by atoms with Gasteiger partial charge in [-0.2, -0.15) is 4.68 Å². The van der Waals surface area contributed by atoms with E-state index in [9.17, 15) is 20.0 Å². The lowest BCUT2D eigenvalue weighted by molar-refractivity contribution is -0.390. The number of aromatic nitrogens is 2. The first-order chi connectivity index (χ1) is 6.93. The predicted octanol–water partition coefficient (Wildman–Crippen LogP) is 0.507. The van der Waals surface area contributed by atoms with E-state index >= 15 is 0 Å². The summed E-state index contributed by atoms with van der Waals surface area (Å²) >= 11 is 0. The Hall–Kier alpha value is -1.76. The molecule has 15 heavy (non-hydrogen) atoms. The molecule has 7 heteroatoms. The van der Waals surface area contributed by atoms with Crippen molar-refractivity contribution in [3.05, 3.63) is 22.4 Å². The zero-order valence-corrected chi connectivity index (χ0v) is 8.32. The molecule has 0 amide bonds. The van der Waals surface area contributed by atoms with E-state index in [1.54, 1.807) is 0 Å². The zero-order valence-electron chi connectivity index (χ0n) is 8.32. The number of aliphatic hydroxyl groups is 1. The van der Waals surface area contributed by atoms with E-state index < -0.39 is 17.1 Å². The molecule has 2 unspecified atom stereocenters. The highest BCUT2D eigenvalue weighted by atomic mass is 16.6. The number of nitro groups is 1. The summed E-state index contributed by atoms with van der Waals surface area (Å²) in [4.78, 5) is 20.6. The molecular formula is C8H11N3O4. The van der Waals surface area contributed by atoms with Gasteiger partial charge in [-0.15, -0.1) is 0 Å². The predicted molar refractivity (Wildman–Crippen MR) is 50.0 cm³/mol. The maximum Gasteiger partial charge on any atom is 0.390 e. The third kappa shape index (κ3) is 2.38. The lowest BCUT2D eigenvalue weighted by Gasteiger charge is -2.12. The molecule has 1 rings (SSSR count). The van der Waals surface area contributed by atoms with Crippen LogP contribution in [0, 0.1) is 16.0 Å². The van der Waals surface area contributed by atoms with Gasteiger partial charge in [-0.1, -0.05) is 6.92 Å². The van der Waals surface area contributed by atoms with Crippen molar-refractivity contribution in [2.24, 2.45) is 5.92 Å². The van der Waals surface area contributed by atoms with Crippen LogP contribution < -0.4 is 0 Å².